The Kier molecular flexibility index (Phi) is 3.23. The van der Waals surface area contributed by atoms with Crippen LogP contribution in [0.2, 0.25) is 0 Å². The molecule has 2 aliphatic heterocycles. The maximum Gasteiger partial charge on any atom is 0.349 e. The average Bonchev–Trinajstić information content (AvgIpc) is 3.11. The van der Waals surface area contributed by atoms with Crippen LogP contribution in [0.1, 0.15) is 5.56 Å². The average molecular weight is 397 g/mol. The first-order valence-electron chi connectivity index (χ1n) is 9.12. The molecule has 0 aliphatic carbocycles. The van der Waals surface area contributed by atoms with Crippen molar-refractivity contribution in [2.24, 2.45) is 0 Å². The molecular weight excluding hydrogens is 386 g/mol. The summed E-state index contributed by atoms with van der Waals surface area (Å²) in [5.41, 5.74) is 1.24. The third-order valence-electron chi connectivity index (χ3n) is 5.00. The van der Waals surface area contributed by atoms with Crippen molar-refractivity contribution in [2.75, 3.05) is 0 Å². The Bertz CT molecular complexity index is 1710. The largest absolute Gasteiger partial charge is 0.422 e. The first-order valence-corrected chi connectivity index (χ1v) is 9.12. The molecule has 0 bridgehead atoms. The zero-order chi connectivity index (χ0) is 20.4. The van der Waals surface area contributed by atoms with Gasteiger partial charge in [-0.05, 0) is 36.8 Å². The molecule has 0 unspecified atom stereocenters. The molecule has 0 N–H and O–H groups in total. The Labute approximate surface area is 166 Å². The van der Waals surface area contributed by atoms with Crippen LogP contribution in [0.25, 0.3) is 55.9 Å². The normalized spacial score (nSPS) is 11.8. The second kappa shape index (κ2) is 5.84. The molecule has 8 heteroatoms. The summed E-state index contributed by atoms with van der Waals surface area (Å²) in [5.74, 6) is 0.145. The molecule has 2 aromatic heterocycles. The molecule has 0 spiro atoms. The number of benzene rings is 2. The number of nitrogens with zero attached hydrogens (tertiary/aromatic N) is 3. The van der Waals surface area contributed by atoms with Crippen molar-refractivity contribution in [3.05, 3.63) is 74.9 Å². The van der Waals surface area contributed by atoms with Crippen LogP contribution in [0, 0.1) is 6.92 Å². The standard InChI is InChI=1S/C22H11N3O5/c1-10-6-7-12-16(8-10)28-21(26)13-9-14(22(27)29-18(12)13)19-25-24-17-11-4-2-3-5-15(11)23-20(17)30-19/h2-9H,1H3. The van der Waals surface area contributed by atoms with Gasteiger partial charge >= 0.3 is 11.3 Å². The Morgan fingerprint density at radius 3 is 2.53 bits per heavy atom. The lowest BCUT2D eigenvalue weighted by Crippen LogP contribution is -2.09. The molecule has 0 saturated heterocycles. The van der Waals surface area contributed by atoms with E-state index in [1.54, 1.807) is 12.1 Å². The van der Waals surface area contributed by atoms with Crippen LogP contribution in [0.15, 0.2) is 71.4 Å². The molecule has 30 heavy (non-hydrogen) atoms. The summed E-state index contributed by atoms with van der Waals surface area (Å²) < 4.78 is 16.6. The third-order valence-corrected chi connectivity index (χ3v) is 5.00. The van der Waals surface area contributed by atoms with Gasteiger partial charge in [-0.1, -0.05) is 24.3 Å². The number of rotatable bonds is 1. The summed E-state index contributed by atoms with van der Waals surface area (Å²) in [7, 11) is 0. The lowest BCUT2D eigenvalue weighted by atomic mass is 10.1. The Hall–Kier alpha value is -4.33. The Morgan fingerprint density at radius 2 is 1.63 bits per heavy atom. The second-order valence-electron chi connectivity index (χ2n) is 6.97. The summed E-state index contributed by atoms with van der Waals surface area (Å²) in [4.78, 5) is 29.6. The predicted molar refractivity (Wildman–Crippen MR) is 108 cm³/mol. The van der Waals surface area contributed by atoms with Crippen molar-refractivity contribution in [3.8, 4) is 23.0 Å². The van der Waals surface area contributed by atoms with Gasteiger partial charge in [-0.2, -0.15) is 0 Å². The number of hydrogen-bond donors (Lipinski definition) is 0. The van der Waals surface area contributed by atoms with Gasteiger partial charge in [0.25, 0.3) is 11.8 Å². The number of fused-ring (bicyclic) bond motifs is 6. The van der Waals surface area contributed by atoms with Gasteiger partial charge in [-0.25, -0.2) is 14.6 Å². The van der Waals surface area contributed by atoms with Gasteiger partial charge in [0.05, 0.1) is 10.9 Å². The van der Waals surface area contributed by atoms with Gasteiger partial charge in [-0.3, -0.25) is 0 Å². The molecule has 0 atom stereocenters. The molecule has 2 aromatic carbocycles. The second-order valence-corrected chi connectivity index (χ2v) is 6.97. The number of para-hydroxylation sites is 1. The number of hydrogen-bond acceptors (Lipinski definition) is 8. The van der Waals surface area contributed by atoms with E-state index in [1.807, 2.05) is 37.3 Å². The maximum absolute atomic E-state index is 12.7. The molecule has 0 amide bonds. The quantitative estimate of drug-likeness (QED) is 0.303. The summed E-state index contributed by atoms with van der Waals surface area (Å²) in [5, 5.41) is 9.62. The van der Waals surface area contributed by atoms with E-state index in [0.717, 1.165) is 10.9 Å². The van der Waals surface area contributed by atoms with Crippen molar-refractivity contribution >= 4 is 32.8 Å². The van der Waals surface area contributed by atoms with Gasteiger partial charge in [0.2, 0.25) is 0 Å². The predicted octanol–water partition coefficient (Wildman–Crippen LogP) is 3.91. The maximum atomic E-state index is 12.7. The van der Waals surface area contributed by atoms with Gasteiger partial charge in [0, 0.05) is 5.39 Å². The van der Waals surface area contributed by atoms with Gasteiger partial charge in [-0.15, -0.1) is 10.2 Å². The van der Waals surface area contributed by atoms with E-state index in [-0.39, 0.29) is 28.3 Å². The molecule has 4 aromatic rings. The van der Waals surface area contributed by atoms with E-state index in [4.69, 9.17) is 13.3 Å². The van der Waals surface area contributed by atoms with E-state index in [2.05, 4.69) is 15.2 Å². The topological polar surface area (TPSA) is 112 Å². The molecule has 0 saturated carbocycles. The van der Waals surface area contributed by atoms with E-state index >= 15 is 0 Å². The van der Waals surface area contributed by atoms with Crippen molar-refractivity contribution in [1.82, 2.24) is 15.2 Å². The van der Waals surface area contributed by atoms with Crippen LogP contribution < -0.4 is 11.3 Å². The molecule has 4 heterocycles. The fourth-order valence-corrected chi connectivity index (χ4v) is 3.56. The van der Waals surface area contributed by atoms with E-state index in [9.17, 15) is 9.59 Å². The fourth-order valence-electron chi connectivity index (χ4n) is 3.56. The fraction of sp³-hybridized carbons (Fsp3) is 0.0455. The lowest BCUT2D eigenvalue weighted by molar-refractivity contribution is 0.515. The van der Waals surface area contributed by atoms with Crippen LogP contribution in [0.5, 0.6) is 0 Å². The molecular formula is C22H11N3O5. The lowest BCUT2D eigenvalue weighted by Gasteiger charge is -2.04. The minimum Gasteiger partial charge on any atom is -0.422 e. The summed E-state index contributed by atoms with van der Waals surface area (Å²) in [6.45, 7) is 1.88. The highest BCUT2D eigenvalue weighted by atomic mass is 16.4. The van der Waals surface area contributed by atoms with E-state index in [0.29, 0.717) is 22.2 Å². The third kappa shape index (κ3) is 2.30. The zero-order valence-corrected chi connectivity index (χ0v) is 15.5. The Morgan fingerprint density at radius 1 is 0.767 bits per heavy atom. The SMILES string of the molecule is Cc1ccc2c(c1)oc(=O)c1cc(-c3nnc4c5ccccc5nc-4o3)c(=O)oc12. The smallest absolute Gasteiger partial charge is 0.349 e. The minimum absolute atomic E-state index is 0.0392. The van der Waals surface area contributed by atoms with Crippen LogP contribution in [-0.2, 0) is 0 Å². The first-order chi connectivity index (χ1) is 14.6. The Balaban J connectivity index is 1.63. The summed E-state index contributed by atoms with van der Waals surface area (Å²) in [6.07, 6.45) is 0. The first kappa shape index (κ1) is 16.6. The number of aryl methyl sites for hydroxylation is 1. The van der Waals surface area contributed by atoms with Gasteiger partial charge < -0.3 is 13.3 Å². The summed E-state index contributed by atoms with van der Waals surface area (Å²) in [6, 6.07) is 14.1. The van der Waals surface area contributed by atoms with E-state index < -0.39 is 11.3 Å². The van der Waals surface area contributed by atoms with Gasteiger partial charge in [0.15, 0.2) is 11.3 Å². The number of aromatic nitrogens is 3. The molecule has 0 fully saturated rings. The van der Waals surface area contributed by atoms with E-state index in [1.165, 1.54) is 6.07 Å². The molecule has 8 nitrogen and oxygen atoms in total. The van der Waals surface area contributed by atoms with Crippen molar-refractivity contribution in [2.45, 2.75) is 6.92 Å². The highest BCUT2D eigenvalue weighted by Crippen LogP contribution is 2.31. The van der Waals surface area contributed by atoms with Crippen LogP contribution in [0.4, 0.5) is 0 Å². The van der Waals surface area contributed by atoms with Crippen molar-refractivity contribution in [3.63, 3.8) is 0 Å². The highest BCUT2D eigenvalue weighted by Gasteiger charge is 2.22. The van der Waals surface area contributed by atoms with Crippen LogP contribution >= 0.6 is 0 Å². The molecule has 2 aliphatic rings. The van der Waals surface area contributed by atoms with Crippen molar-refractivity contribution < 1.29 is 13.3 Å². The summed E-state index contributed by atoms with van der Waals surface area (Å²) >= 11 is 0. The van der Waals surface area contributed by atoms with Crippen LogP contribution in [-0.4, -0.2) is 15.2 Å². The van der Waals surface area contributed by atoms with Gasteiger partial charge in [0.1, 0.15) is 16.5 Å². The molecule has 0 radical (unpaired) electrons. The monoisotopic (exact) mass is 397 g/mol. The zero-order valence-electron chi connectivity index (χ0n) is 15.5. The van der Waals surface area contributed by atoms with Crippen molar-refractivity contribution in [1.29, 1.82) is 0 Å². The van der Waals surface area contributed by atoms with Crippen LogP contribution in [0.3, 0.4) is 0 Å². The molecule has 144 valence electrons. The minimum atomic E-state index is -0.705. The highest BCUT2D eigenvalue weighted by molar-refractivity contribution is 6.01. The molecule has 6 rings (SSSR count).